The fraction of sp³-hybridized carbons (Fsp3) is 0.154. The summed E-state index contributed by atoms with van der Waals surface area (Å²) in [6, 6.07) is 9.57. The molecule has 81 valence electrons. The van der Waals surface area contributed by atoms with Crippen LogP contribution in [0.1, 0.15) is 5.56 Å². The van der Waals surface area contributed by atoms with E-state index < -0.39 is 0 Å². The third-order valence-electron chi connectivity index (χ3n) is 2.30. The maximum atomic E-state index is 11.6. The first kappa shape index (κ1) is 10.5. The largest absolute Gasteiger partial charge is 0.343 e. The van der Waals surface area contributed by atoms with Crippen molar-refractivity contribution in [2.24, 2.45) is 0 Å². The molecule has 2 rings (SSSR count). The minimum atomic E-state index is -0.190. The molecule has 0 aromatic heterocycles. The topological polar surface area (TPSA) is 34.4 Å². The zero-order valence-corrected chi connectivity index (χ0v) is 8.91. The zero-order valence-electron chi connectivity index (χ0n) is 8.91. The summed E-state index contributed by atoms with van der Waals surface area (Å²) >= 11 is 0. The molecule has 16 heavy (non-hydrogen) atoms. The Morgan fingerprint density at radius 2 is 2.06 bits per heavy atom. The molecule has 0 atom stereocenters. The maximum Gasteiger partial charge on any atom is 0.343 e. The Kier molecular flexibility index (Phi) is 3.38. The highest BCUT2D eigenvalue weighted by Crippen LogP contribution is 2.02. The van der Waals surface area contributed by atoms with E-state index in [2.05, 4.69) is 5.32 Å². The second kappa shape index (κ2) is 5.16. The van der Waals surface area contributed by atoms with Crippen molar-refractivity contribution >= 4 is 6.03 Å². The van der Waals surface area contributed by atoms with Gasteiger partial charge in [-0.3, -0.25) is 4.90 Å². The van der Waals surface area contributed by atoms with Crippen LogP contribution >= 0.6 is 0 Å². The number of urea groups is 1. The van der Waals surface area contributed by atoms with Crippen molar-refractivity contribution in [3.05, 3.63) is 60.3 Å². The Balaban J connectivity index is 1.84. The number of allylic oxidation sites excluding steroid dienone is 2. The molecule has 0 unspecified atom stereocenters. The third kappa shape index (κ3) is 2.73. The molecule has 1 aromatic carbocycles. The van der Waals surface area contributed by atoms with Gasteiger partial charge in [0.15, 0.2) is 0 Å². The Labute approximate surface area is 95.1 Å². The summed E-state index contributed by atoms with van der Waals surface area (Å²) in [6.45, 7) is 1.04. The van der Waals surface area contributed by atoms with E-state index in [1.807, 2.05) is 48.6 Å². The average molecular weight is 213 g/mol. The maximum absolute atomic E-state index is 11.6. The lowest BCUT2D eigenvalue weighted by atomic mass is 10.2. The normalized spacial score (nSPS) is 13.9. The smallest absolute Gasteiger partial charge is 0.296 e. The van der Waals surface area contributed by atoms with Gasteiger partial charge in [-0.25, -0.2) is 10.1 Å². The third-order valence-corrected chi connectivity index (χ3v) is 2.30. The van der Waals surface area contributed by atoms with Crippen LogP contribution in [0.2, 0.25) is 0 Å². The van der Waals surface area contributed by atoms with Gasteiger partial charge in [-0.15, -0.1) is 0 Å². The van der Waals surface area contributed by atoms with E-state index in [0.29, 0.717) is 13.1 Å². The lowest BCUT2D eigenvalue weighted by Crippen LogP contribution is -2.32. The first-order valence-corrected chi connectivity index (χ1v) is 5.21. The Morgan fingerprint density at radius 1 is 1.25 bits per heavy atom. The second-order valence-corrected chi connectivity index (χ2v) is 3.51. The van der Waals surface area contributed by atoms with Crippen molar-refractivity contribution in [3.8, 4) is 0 Å². The van der Waals surface area contributed by atoms with E-state index in [-0.39, 0.29) is 6.03 Å². The van der Waals surface area contributed by atoms with Gasteiger partial charge in [-0.1, -0.05) is 42.5 Å². The van der Waals surface area contributed by atoms with Crippen LogP contribution in [-0.4, -0.2) is 17.5 Å². The molecule has 1 radical (unpaired) electrons. The number of nitrogens with zero attached hydrogens (tertiary/aromatic N) is 2. The van der Waals surface area contributed by atoms with Crippen LogP contribution in [0.5, 0.6) is 0 Å². The van der Waals surface area contributed by atoms with Crippen LogP contribution in [0, 0.1) is 0 Å². The summed E-state index contributed by atoms with van der Waals surface area (Å²) in [7, 11) is 0. The molecule has 2 amide bonds. The van der Waals surface area contributed by atoms with Crippen molar-refractivity contribution in [3.63, 3.8) is 0 Å². The predicted molar refractivity (Wildman–Crippen MR) is 62.7 cm³/mol. The van der Waals surface area contributed by atoms with Gasteiger partial charge in [0.25, 0.3) is 0 Å². The molecule has 1 aromatic rings. The molecule has 0 bridgehead atoms. The molecule has 3 nitrogen and oxygen atoms in total. The van der Waals surface area contributed by atoms with E-state index in [1.54, 1.807) is 11.1 Å². The summed E-state index contributed by atoms with van der Waals surface area (Å²) in [5, 5.41) is 4.02. The summed E-state index contributed by atoms with van der Waals surface area (Å²) in [6.07, 6.45) is 7.42. The minimum Gasteiger partial charge on any atom is -0.296 e. The van der Waals surface area contributed by atoms with Gasteiger partial charge in [-0.05, 0) is 11.6 Å². The van der Waals surface area contributed by atoms with E-state index in [1.165, 1.54) is 0 Å². The van der Waals surface area contributed by atoms with Crippen LogP contribution in [0.4, 0.5) is 4.79 Å². The van der Waals surface area contributed by atoms with E-state index in [4.69, 9.17) is 0 Å². The van der Waals surface area contributed by atoms with Crippen LogP contribution in [0.15, 0.2) is 54.8 Å². The van der Waals surface area contributed by atoms with Gasteiger partial charge in [0.2, 0.25) is 0 Å². The molecule has 1 aliphatic heterocycles. The lowest BCUT2D eigenvalue weighted by molar-refractivity contribution is 0.217. The summed E-state index contributed by atoms with van der Waals surface area (Å²) < 4.78 is 0. The molecule has 0 saturated heterocycles. The van der Waals surface area contributed by atoms with Gasteiger partial charge < -0.3 is 0 Å². The molecule has 3 heteroatoms. The number of hydrogen-bond donors (Lipinski definition) is 0. The van der Waals surface area contributed by atoms with Crippen LogP contribution in [-0.2, 0) is 6.54 Å². The molecule has 1 aliphatic rings. The molecule has 0 fully saturated rings. The summed E-state index contributed by atoms with van der Waals surface area (Å²) in [4.78, 5) is 13.2. The van der Waals surface area contributed by atoms with Crippen molar-refractivity contribution < 1.29 is 4.79 Å². The lowest BCUT2D eigenvalue weighted by Gasteiger charge is -2.17. The first-order chi connectivity index (χ1) is 7.86. The number of rotatable bonds is 2. The van der Waals surface area contributed by atoms with Crippen molar-refractivity contribution in [2.45, 2.75) is 6.54 Å². The number of hydrogen-bond acceptors (Lipinski definition) is 1. The van der Waals surface area contributed by atoms with Crippen LogP contribution in [0.25, 0.3) is 0 Å². The van der Waals surface area contributed by atoms with E-state index in [9.17, 15) is 4.79 Å². The fourth-order valence-corrected chi connectivity index (χ4v) is 1.44. The molecular weight excluding hydrogens is 200 g/mol. The molecule has 0 spiro atoms. The SMILES string of the molecule is O=C([N]Cc1ccccc1)N1C=CC=CC1. The van der Waals surface area contributed by atoms with Gasteiger partial charge >= 0.3 is 6.03 Å². The van der Waals surface area contributed by atoms with Gasteiger partial charge in [0, 0.05) is 12.7 Å². The number of amides is 2. The first-order valence-electron chi connectivity index (χ1n) is 5.21. The summed E-state index contributed by atoms with van der Waals surface area (Å²) in [5.41, 5.74) is 1.05. The Hall–Kier alpha value is -2.03. The highest BCUT2D eigenvalue weighted by molar-refractivity contribution is 5.75. The van der Waals surface area contributed by atoms with Gasteiger partial charge in [-0.2, -0.15) is 0 Å². The Morgan fingerprint density at radius 3 is 2.75 bits per heavy atom. The number of carbonyl (C=O) groups excluding carboxylic acids is 1. The van der Waals surface area contributed by atoms with Crippen molar-refractivity contribution in [2.75, 3.05) is 6.54 Å². The summed E-state index contributed by atoms with van der Waals surface area (Å²) in [5.74, 6) is 0. The molecule has 0 saturated carbocycles. The van der Waals surface area contributed by atoms with Crippen LogP contribution < -0.4 is 5.32 Å². The predicted octanol–water partition coefficient (Wildman–Crippen LogP) is 2.30. The minimum absolute atomic E-state index is 0.190. The van der Waals surface area contributed by atoms with Gasteiger partial charge in [0.05, 0.1) is 6.54 Å². The van der Waals surface area contributed by atoms with E-state index >= 15 is 0 Å². The highest BCUT2D eigenvalue weighted by Gasteiger charge is 2.11. The molecule has 0 aliphatic carbocycles. The molecule has 0 N–H and O–H groups in total. The molecule has 1 heterocycles. The quantitative estimate of drug-likeness (QED) is 0.742. The van der Waals surface area contributed by atoms with E-state index in [0.717, 1.165) is 5.56 Å². The zero-order chi connectivity index (χ0) is 11.2. The standard InChI is InChI=1S/C13H13N2O/c16-13(15-9-5-2-6-10-15)14-11-12-7-3-1-4-8-12/h1-9H,10-11H2. The number of carbonyl (C=O) groups is 1. The second-order valence-electron chi connectivity index (χ2n) is 3.51. The van der Waals surface area contributed by atoms with Crippen LogP contribution in [0.3, 0.4) is 0 Å². The Bertz CT molecular complexity index is 409. The monoisotopic (exact) mass is 213 g/mol. The number of benzene rings is 1. The van der Waals surface area contributed by atoms with Crippen molar-refractivity contribution in [1.29, 1.82) is 0 Å². The van der Waals surface area contributed by atoms with Crippen molar-refractivity contribution in [1.82, 2.24) is 10.2 Å². The highest BCUT2D eigenvalue weighted by atomic mass is 16.2. The average Bonchev–Trinajstić information content (AvgIpc) is 2.38. The fourth-order valence-electron chi connectivity index (χ4n) is 1.44. The van der Waals surface area contributed by atoms with Gasteiger partial charge in [0.1, 0.15) is 0 Å². The molecular formula is C13H13N2O.